The molecular formula is C29H33N7. The van der Waals surface area contributed by atoms with Crippen LogP contribution in [0, 0.1) is 0 Å². The maximum absolute atomic E-state index is 4.59. The van der Waals surface area contributed by atoms with Crippen molar-refractivity contribution >= 4 is 0 Å². The highest BCUT2D eigenvalue weighted by atomic mass is 15.5. The molecule has 1 atom stereocenters. The summed E-state index contributed by atoms with van der Waals surface area (Å²) < 4.78 is 1.97. The first kappa shape index (κ1) is 23.0. The van der Waals surface area contributed by atoms with Gasteiger partial charge in [0.1, 0.15) is 0 Å². The average molecular weight is 480 g/mol. The van der Waals surface area contributed by atoms with E-state index in [0.717, 1.165) is 42.8 Å². The highest BCUT2D eigenvalue weighted by molar-refractivity contribution is 5.59. The Kier molecular flexibility index (Phi) is 6.83. The molecule has 184 valence electrons. The van der Waals surface area contributed by atoms with Crippen molar-refractivity contribution in [2.24, 2.45) is 0 Å². The van der Waals surface area contributed by atoms with Gasteiger partial charge in [0.2, 0.25) is 0 Å². The van der Waals surface area contributed by atoms with Gasteiger partial charge >= 0.3 is 0 Å². The fourth-order valence-corrected chi connectivity index (χ4v) is 5.50. The maximum atomic E-state index is 4.59. The van der Waals surface area contributed by atoms with E-state index in [0.29, 0.717) is 6.54 Å². The van der Waals surface area contributed by atoms with Crippen molar-refractivity contribution in [3.05, 3.63) is 95.9 Å². The molecule has 1 saturated carbocycles. The Labute approximate surface area is 212 Å². The van der Waals surface area contributed by atoms with Gasteiger partial charge in [-0.2, -0.15) is 0 Å². The molecule has 1 aliphatic carbocycles. The van der Waals surface area contributed by atoms with Crippen LogP contribution in [0.3, 0.4) is 0 Å². The van der Waals surface area contributed by atoms with E-state index in [4.69, 9.17) is 0 Å². The van der Waals surface area contributed by atoms with Gasteiger partial charge in [0.05, 0.1) is 18.3 Å². The van der Waals surface area contributed by atoms with Gasteiger partial charge < -0.3 is 0 Å². The first-order chi connectivity index (χ1) is 17.8. The van der Waals surface area contributed by atoms with Crippen LogP contribution in [0.4, 0.5) is 0 Å². The predicted octanol–water partition coefficient (Wildman–Crippen LogP) is 4.43. The second-order valence-electron chi connectivity index (χ2n) is 9.93. The lowest BCUT2D eigenvalue weighted by molar-refractivity contribution is 0.127. The smallest absolute Gasteiger partial charge is 0.173 e. The number of hydrogen-bond acceptors (Lipinski definition) is 6. The first-order valence-corrected chi connectivity index (χ1v) is 13.1. The number of hydrogen-bond donors (Lipinski definition) is 0. The lowest BCUT2D eigenvalue weighted by Crippen LogP contribution is -2.42. The molecular weight excluding hydrogens is 446 g/mol. The molecule has 1 unspecified atom stereocenters. The number of tetrazole rings is 1. The third-order valence-electron chi connectivity index (χ3n) is 7.69. The van der Waals surface area contributed by atoms with Crippen molar-refractivity contribution in [2.45, 2.75) is 44.3 Å². The largest absolute Gasteiger partial charge is 0.299 e. The zero-order chi connectivity index (χ0) is 24.2. The fourth-order valence-electron chi connectivity index (χ4n) is 5.50. The van der Waals surface area contributed by atoms with Crippen molar-refractivity contribution in [3.8, 4) is 11.3 Å². The fraction of sp³-hybridized carbons (Fsp3) is 0.379. The summed E-state index contributed by atoms with van der Waals surface area (Å²) in [5, 5.41) is 13.1. The summed E-state index contributed by atoms with van der Waals surface area (Å²) in [6, 6.07) is 26.1. The Morgan fingerprint density at radius 3 is 2.39 bits per heavy atom. The molecule has 0 spiro atoms. The minimum absolute atomic E-state index is 0.00263. The van der Waals surface area contributed by atoms with Gasteiger partial charge in [-0.05, 0) is 59.5 Å². The van der Waals surface area contributed by atoms with Gasteiger partial charge in [-0.25, -0.2) is 4.68 Å². The molecule has 0 bridgehead atoms. The third kappa shape index (κ3) is 4.94. The van der Waals surface area contributed by atoms with Crippen LogP contribution in [0.5, 0.6) is 0 Å². The molecule has 0 radical (unpaired) electrons. The molecule has 0 amide bonds. The van der Waals surface area contributed by atoms with Crippen LogP contribution in [0.2, 0.25) is 0 Å². The molecule has 2 aromatic heterocycles. The second kappa shape index (κ2) is 10.7. The second-order valence-corrected chi connectivity index (χ2v) is 9.93. The summed E-state index contributed by atoms with van der Waals surface area (Å²) in [6.07, 6.45) is 7.10. The number of nitrogens with zero attached hydrogens (tertiary/aromatic N) is 7. The van der Waals surface area contributed by atoms with E-state index >= 15 is 0 Å². The maximum Gasteiger partial charge on any atom is 0.173 e. The molecule has 1 saturated heterocycles. The van der Waals surface area contributed by atoms with E-state index < -0.39 is 0 Å². The van der Waals surface area contributed by atoms with Crippen molar-refractivity contribution in [3.63, 3.8) is 0 Å². The van der Waals surface area contributed by atoms with Crippen LogP contribution in [-0.2, 0) is 6.54 Å². The lowest BCUT2D eigenvalue weighted by atomic mass is 9.91. The van der Waals surface area contributed by atoms with Gasteiger partial charge in [-0.3, -0.25) is 14.8 Å². The zero-order valence-corrected chi connectivity index (χ0v) is 20.7. The van der Waals surface area contributed by atoms with Crippen LogP contribution in [-0.4, -0.2) is 67.2 Å². The number of benzene rings is 2. The van der Waals surface area contributed by atoms with E-state index in [2.05, 4.69) is 84.9 Å². The van der Waals surface area contributed by atoms with Crippen molar-refractivity contribution in [1.82, 2.24) is 35.0 Å². The van der Waals surface area contributed by atoms with E-state index in [9.17, 15) is 0 Å². The molecule has 0 N–H and O–H groups in total. The number of pyridine rings is 1. The average Bonchev–Trinajstić information content (AvgIpc) is 3.21. The molecule has 7 nitrogen and oxygen atoms in total. The van der Waals surface area contributed by atoms with E-state index in [-0.39, 0.29) is 6.04 Å². The highest BCUT2D eigenvalue weighted by Crippen LogP contribution is 2.32. The van der Waals surface area contributed by atoms with Crippen molar-refractivity contribution in [1.29, 1.82) is 0 Å². The Morgan fingerprint density at radius 1 is 0.806 bits per heavy atom. The van der Waals surface area contributed by atoms with Gasteiger partial charge in [-0.15, -0.1) is 5.10 Å². The summed E-state index contributed by atoms with van der Waals surface area (Å²) in [5.41, 5.74) is 4.52. The zero-order valence-electron chi connectivity index (χ0n) is 20.7. The molecule has 1 aliphatic heterocycles. The SMILES string of the molecule is c1ccc(Cn2nnnc2C(c2ccc(-c3ccccn3)cc2)N2CCCN(C3CCC3)CC2)cc1. The van der Waals surface area contributed by atoms with Gasteiger partial charge in [0.25, 0.3) is 0 Å². The summed E-state index contributed by atoms with van der Waals surface area (Å²) in [4.78, 5) is 9.81. The normalized spacial score (nSPS) is 18.4. The minimum Gasteiger partial charge on any atom is -0.299 e. The standard InChI is InChI=1S/C29H33N7/c1-2-8-23(9-3-1)22-36-29(31-32-33-36)28(35-19-7-18-34(20-21-35)26-10-6-11-26)25-15-13-24(14-16-25)27-12-4-5-17-30-27/h1-5,8-9,12-17,26,28H,6-7,10-11,18-22H2. The van der Waals surface area contributed by atoms with Crippen LogP contribution in [0.1, 0.15) is 48.7 Å². The number of aromatic nitrogens is 5. The van der Waals surface area contributed by atoms with Crippen molar-refractivity contribution < 1.29 is 0 Å². The lowest BCUT2D eigenvalue weighted by Gasteiger charge is -2.37. The van der Waals surface area contributed by atoms with E-state index in [1.807, 2.05) is 29.1 Å². The van der Waals surface area contributed by atoms with Gasteiger partial charge in [0, 0.05) is 37.4 Å². The predicted molar refractivity (Wildman–Crippen MR) is 140 cm³/mol. The molecule has 2 fully saturated rings. The summed E-state index contributed by atoms with van der Waals surface area (Å²) >= 11 is 0. The van der Waals surface area contributed by atoms with Gasteiger partial charge in [0.15, 0.2) is 5.82 Å². The molecule has 2 aliphatic rings. The molecule has 2 aromatic carbocycles. The molecule has 6 rings (SSSR count). The molecule has 3 heterocycles. The Morgan fingerprint density at radius 2 is 1.64 bits per heavy atom. The highest BCUT2D eigenvalue weighted by Gasteiger charge is 2.32. The Balaban J connectivity index is 1.32. The Bertz CT molecular complexity index is 1240. The molecule has 7 heteroatoms. The summed E-state index contributed by atoms with van der Waals surface area (Å²) in [5.74, 6) is 0.904. The van der Waals surface area contributed by atoms with E-state index in [1.165, 1.54) is 43.4 Å². The van der Waals surface area contributed by atoms with Crippen molar-refractivity contribution in [2.75, 3.05) is 26.2 Å². The van der Waals surface area contributed by atoms with Crippen LogP contribution in [0.25, 0.3) is 11.3 Å². The third-order valence-corrected chi connectivity index (χ3v) is 7.69. The topological polar surface area (TPSA) is 63.0 Å². The van der Waals surface area contributed by atoms with Crippen LogP contribution >= 0.6 is 0 Å². The van der Waals surface area contributed by atoms with Crippen LogP contribution in [0.15, 0.2) is 79.0 Å². The van der Waals surface area contributed by atoms with E-state index in [1.54, 1.807) is 0 Å². The van der Waals surface area contributed by atoms with Crippen LogP contribution < -0.4 is 0 Å². The summed E-state index contributed by atoms with van der Waals surface area (Å²) in [6.45, 7) is 5.00. The minimum atomic E-state index is 0.00263. The Hall–Kier alpha value is -3.42. The molecule has 4 aromatic rings. The number of rotatable bonds is 7. The first-order valence-electron chi connectivity index (χ1n) is 13.1. The quantitative estimate of drug-likeness (QED) is 0.391. The van der Waals surface area contributed by atoms with Gasteiger partial charge in [-0.1, -0.05) is 67.1 Å². The monoisotopic (exact) mass is 479 g/mol. The molecule has 36 heavy (non-hydrogen) atoms. The summed E-state index contributed by atoms with van der Waals surface area (Å²) in [7, 11) is 0.